The molecule has 1 saturated carbocycles. The zero-order valence-corrected chi connectivity index (χ0v) is 12.5. The summed E-state index contributed by atoms with van der Waals surface area (Å²) in [5, 5.41) is 3.38. The minimum Gasteiger partial charge on any atom is -0.383 e. The molecular weight excluding hydrogens is 260 g/mol. The predicted molar refractivity (Wildman–Crippen MR) is 77.9 cm³/mol. The topological polar surface area (TPSA) is 58.2 Å². The highest BCUT2D eigenvalue weighted by Crippen LogP contribution is 2.34. The first-order valence-electron chi connectivity index (χ1n) is 6.73. The fourth-order valence-electron chi connectivity index (χ4n) is 2.29. The lowest BCUT2D eigenvalue weighted by Gasteiger charge is -2.16. The second-order valence-corrected chi connectivity index (χ2v) is 7.27. The van der Waals surface area contributed by atoms with Crippen molar-refractivity contribution in [3.05, 3.63) is 23.8 Å². The minimum absolute atomic E-state index is 0.346. The fraction of sp³-hybridized carbons (Fsp3) is 0.571. The summed E-state index contributed by atoms with van der Waals surface area (Å²) in [4.78, 5) is 0.346. The fourth-order valence-corrected chi connectivity index (χ4v) is 3.28. The first-order chi connectivity index (χ1) is 8.92. The molecule has 0 aromatic heterocycles. The molecule has 1 aromatic rings. The van der Waals surface area contributed by atoms with Gasteiger partial charge >= 0.3 is 0 Å². The zero-order chi connectivity index (χ0) is 14.0. The van der Waals surface area contributed by atoms with Crippen LogP contribution in [-0.4, -0.2) is 21.5 Å². The molecule has 106 valence electrons. The van der Waals surface area contributed by atoms with Gasteiger partial charge in [0.2, 0.25) is 10.0 Å². The molecule has 2 N–H and O–H groups in total. The summed E-state index contributed by atoms with van der Waals surface area (Å²) in [5.41, 5.74) is 1.63. The summed E-state index contributed by atoms with van der Waals surface area (Å²) in [7, 11) is -1.95. The maximum atomic E-state index is 11.9. The summed E-state index contributed by atoms with van der Waals surface area (Å²) < 4.78 is 26.2. The van der Waals surface area contributed by atoms with Crippen LogP contribution in [0, 0.1) is 12.8 Å². The highest BCUT2D eigenvalue weighted by Gasteiger charge is 2.23. The second kappa shape index (κ2) is 5.51. The summed E-state index contributed by atoms with van der Waals surface area (Å²) in [6, 6.07) is 5.87. The van der Waals surface area contributed by atoms with E-state index in [1.54, 1.807) is 6.07 Å². The monoisotopic (exact) mass is 282 g/mol. The minimum atomic E-state index is -3.39. The van der Waals surface area contributed by atoms with Gasteiger partial charge in [-0.15, -0.1) is 0 Å². The molecule has 0 saturated heterocycles. The molecule has 0 aliphatic heterocycles. The van der Waals surface area contributed by atoms with Crippen molar-refractivity contribution in [1.29, 1.82) is 0 Å². The van der Waals surface area contributed by atoms with E-state index in [-0.39, 0.29) is 0 Å². The lowest BCUT2D eigenvalue weighted by atomic mass is 10.1. The van der Waals surface area contributed by atoms with Gasteiger partial charge in [0.1, 0.15) is 0 Å². The van der Waals surface area contributed by atoms with Crippen molar-refractivity contribution < 1.29 is 8.42 Å². The highest BCUT2D eigenvalue weighted by molar-refractivity contribution is 7.89. The van der Waals surface area contributed by atoms with Crippen LogP contribution in [0.5, 0.6) is 0 Å². The largest absolute Gasteiger partial charge is 0.383 e. The summed E-state index contributed by atoms with van der Waals surface area (Å²) in [6.07, 6.45) is 3.82. The van der Waals surface area contributed by atoms with E-state index in [9.17, 15) is 8.42 Å². The molecule has 1 fully saturated rings. The Balaban J connectivity index is 2.15. The molecule has 2 rings (SSSR count). The number of benzene rings is 1. The third-order valence-corrected chi connectivity index (χ3v) is 5.10. The van der Waals surface area contributed by atoms with Crippen LogP contribution >= 0.6 is 0 Å². The maximum absolute atomic E-state index is 11.9. The van der Waals surface area contributed by atoms with Crippen molar-refractivity contribution in [1.82, 2.24) is 4.72 Å². The average Bonchev–Trinajstić information content (AvgIpc) is 3.15. The van der Waals surface area contributed by atoms with Gasteiger partial charge < -0.3 is 5.32 Å². The number of anilines is 1. The van der Waals surface area contributed by atoms with Crippen LogP contribution in [0.2, 0.25) is 0 Å². The van der Waals surface area contributed by atoms with Crippen LogP contribution in [0.25, 0.3) is 0 Å². The summed E-state index contributed by atoms with van der Waals surface area (Å²) >= 11 is 0. The molecule has 0 spiro atoms. The van der Waals surface area contributed by atoms with Gasteiger partial charge in [-0.2, -0.15) is 0 Å². The van der Waals surface area contributed by atoms with E-state index in [0.717, 1.165) is 23.6 Å². The molecule has 0 radical (unpaired) electrons. The highest BCUT2D eigenvalue weighted by atomic mass is 32.2. The normalized spacial score (nSPS) is 17.2. The first-order valence-corrected chi connectivity index (χ1v) is 8.21. The molecule has 0 amide bonds. The molecule has 0 heterocycles. The predicted octanol–water partition coefficient (Wildman–Crippen LogP) is 2.50. The van der Waals surface area contributed by atoms with Crippen molar-refractivity contribution in [2.75, 3.05) is 12.4 Å². The van der Waals surface area contributed by atoms with Crippen molar-refractivity contribution >= 4 is 15.7 Å². The van der Waals surface area contributed by atoms with Gasteiger partial charge in [-0.3, -0.25) is 0 Å². The van der Waals surface area contributed by atoms with Crippen molar-refractivity contribution in [3.63, 3.8) is 0 Å². The van der Waals surface area contributed by atoms with Crippen LogP contribution in [0.4, 0.5) is 5.69 Å². The molecule has 19 heavy (non-hydrogen) atoms. The van der Waals surface area contributed by atoms with Crippen molar-refractivity contribution in [2.24, 2.45) is 5.92 Å². The smallest absolute Gasteiger partial charge is 0.240 e. The third-order valence-electron chi connectivity index (χ3n) is 3.54. The molecule has 1 aliphatic rings. The van der Waals surface area contributed by atoms with Gasteiger partial charge in [0.15, 0.2) is 0 Å². The number of aryl methyl sites for hydroxylation is 1. The van der Waals surface area contributed by atoms with Crippen LogP contribution in [0.15, 0.2) is 23.1 Å². The first kappa shape index (κ1) is 14.3. The Morgan fingerprint density at radius 3 is 2.63 bits per heavy atom. The molecule has 1 atom stereocenters. The Labute approximate surface area is 115 Å². The maximum Gasteiger partial charge on any atom is 0.240 e. The van der Waals surface area contributed by atoms with E-state index in [1.165, 1.54) is 19.9 Å². The summed E-state index contributed by atoms with van der Waals surface area (Å²) in [6.45, 7) is 3.95. The van der Waals surface area contributed by atoms with E-state index in [0.29, 0.717) is 10.9 Å². The number of hydrogen-bond donors (Lipinski definition) is 2. The summed E-state index contributed by atoms with van der Waals surface area (Å²) in [5.74, 6) is 0.855. The van der Waals surface area contributed by atoms with Gasteiger partial charge in [0.05, 0.1) is 4.90 Å². The second-order valence-electron chi connectivity index (χ2n) is 5.41. The number of sulfonamides is 1. The Bertz CT molecular complexity index is 551. The Hall–Kier alpha value is -1.07. The van der Waals surface area contributed by atoms with Crippen LogP contribution in [0.1, 0.15) is 31.7 Å². The quantitative estimate of drug-likeness (QED) is 0.843. The molecule has 5 heteroatoms. The zero-order valence-electron chi connectivity index (χ0n) is 11.7. The standard InChI is InChI=1S/C14H22N2O2S/c1-10-4-7-13(9-14(10)19(17,18)15-3)16-11(2)8-12-5-6-12/h4,7,9,11-12,15-16H,5-6,8H2,1-3H3. The van der Waals surface area contributed by atoms with Gasteiger partial charge in [-0.05, 0) is 50.9 Å². The molecule has 0 bridgehead atoms. The molecule has 1 unspecified atom stereocenters. The number of rotatable bonds is 6. The van der Waals surface area contributed by atoms with Crippen LogP contribution in [-0.2, 0) is 10.0 Å². The third kappa shape index (κ3) is 3.70. The van der Waals surface area contributed by atoms with Gasteiger partial charge in [-0.1, -0.05) is 18.9 Å². The average molecular weight is 282 g/mol. The van der Waals surface area contributed by atoms with Gasteiger partial charge in [-0.25, -0.2) is 13.1 Å². The van der Waals surface area contributed by atoms with Crippen LogP contribution in [0.3, 0.4) is 0 Å². The Kier molecular flexibility index (Phi) is 4.16. The van der Waals surface area contributed by atoms with Crippen molar-refractivity contribution in [3.8, 4) is 0 Å². The van der Waals surface area contributed by atoms with E-state index in [4.69, 9.17) is 0 Å². The molecular formula is C14H22N2O2S. The lowest BCUT2D eigenvalue weighted by molar-refractivity contribution is 0.587. The van der Waals surface area contributed by atoms with Crippen molar-refractivity contribution in [2.45, 2.75) is 44.0 Å². The molecule has 1 aromatic carbocycles. The molecule has 4 nitrogen and oxygen atoms in total. The van der Waals surface area contributed by atoms with E-state index in [2.05, 4.69) is 17.0 Å². The van der Waals surface area contributed by atoms with E-state index >= 15 is 0 Å². The number of nitrogens with one attached hydrogen (secondary N) is 2. The molecule has 1 aliphatic carbocycles. The van der Waals surface area contributed by atoms with Gasteiger partial charge in [0.25, 0.3) is 0 Å². The van der Waals surface area contributed by atoms with E-state index < -0.39 is 10.0 Å². The van der Waals surface area contributed by atoms with E-state index in [1.807, 2.05) is 19.1 Å². The Morgan fingerprint density at radius 2 is 2.05 bits per heavy atom. The number of hydrogen-bond acceptors (Lipinski definition) is 3. The van der Waals surface area contributed by atoms with Gasteiger partial charge in [0, 0.05) is 11.7 Å². The van der Waals surface area contributed by atoms with Crippen LogP contribution < -0.4 is 10.0 Å². The Morgan fingerprint density at radius 1 is 1.37 bits per heavy atom. The lowest BCUT2D eigenvalue weighted by Crippen LogP contribution is -2.20. The SMILES string of the molecule is CNS(=O)(=O)c1cc(NC(C)CC2CC2)ccc1C.